The van der Waals surface area contributed by atoms with E-state index in [9.17, 15) is 19.8 Å². The van der Waals surface area contributed by atoms with Crippen LogP contribution in [0.2, 0.25) is 0 Å². The predicted molar refractivity (Wildman–Crippen MR) is 91.1 cm³/mol. The van der Waals surface area contributed by atoms with E-state index in [1.54, 1.807) is 12.2 Å². The Balaban J connectivity index is 2.15. The molecule has 3 rings (SSSR count). The molecule has 0 bridgehead atoms. The normalized spacial score (nSPS) is 47.5. The van der Waals surface area contributed by atoms with Crippen molar-refractivity contribution in [1.29, 1.82) is 0 Å². The lowest BCUT2D eigenvalue weighted by Crippen LogP contribution is -2.68. The molecule has 2 fully saturated rings. The SMILES string of the molecule is C=CC1=CC(=O)[C@@H]2[C@H](CC[C@@H]3C(C)(C)C(=O)[C@H](O)[C@H](O)[C@@]23C)[C@@H]1C. The minimum absolute atomic E-state index is 0.00315. The largest absolute Gasteiger partial charge is 0.389 e. The molecule has 0 radical (unpaired) electrons. The second-order valence-corrected chi connectivity index (χ2v) is 8.65. The number of aliphatic hydroxyl groups is 2. The Morgan fingerprint density at radius 2 is 1.83 bits per heavy atom. The van der Waals surface area contributed by atoms with E-state index >= 15 is 0 Å². The lowest BCUT2D eigenvalue weighted by Gasteiger charge is -2.62. The minimum atomic E-state index is -1.42. The Labute approximate surface area is 143 Å². The predicted octanol–water partition coefficient (Wildman–Crippen LogP) is 2.30. The first kappa shape index (κ1) is 17.6. The Hall–Kier alpha value is -1.26. The van der Waals surface area contributed by atoms with E-state index in [-0.39, 0.29) is 35.2 Å². The number of allylic oxidation sites excluding steroid dienone is 3. The Morgan fingerprint density at radius 3 is 2.42 bits per heavy atom. The number of carbonyl (C=O) groups is 2. The van der Waals surface area contributed by atoms with E-state index in [0.29, 0.717) is 0 Å². The molecule has 0 spiro atoms. The van der Waals surface area contributed by atoms with Crippen molar-refractivity contribution in [2.75, 3.05) is 0 Å². The molecule has 132 valence electrons. The number of fused-ring (bicyclic) bond motifs is 3. The lowest BCUT2D eigenvalue weighted by atomic mass is 9.42. The van der Waals surface area contributed by atoms with Gasteiger partial charge in [0.1, 0.15) is 6.10 Å². The molecule has 0 aromatic carbocycles. The summed E-state index contributed by atoms with van der Waals surface area (Å²) >= 11 is 0. The van der Waals surface area contributed by atoms with Crippen LogP contribution in [-0.4, -0.2) is 34.0 Å². The summed E-state index contributed by atoms with van der Waals surface area (Å²) in [6.45, 7) is 11.5. The summed E-state index contributed by atoms with van der Waals surface area (Å²) in [6.07, 6.45) is 2.39. The Morgan fingerprint density at radius 1 is 1.21 bits per heavy atom. The fourth-order valence-corrected chi connectivity index (χ4v) is 6.01. The fourth-order valence-electron chi connectivity index (χ4n) is 6.01. The lowest BCUT2D eigenvalue weighted by molar-refractivity contribution is -0.208. The molecule has 7 atom stereocenters. The van der Waals surface area contributed by atoms with Gasteiger partial charge in [-0.05, 0) is 42.2 Å². The van der Waals surface area contributed by atoms with Crippen LogP contribution in [0, 0.1) is 34.5 Å². The number of hydrogen-bond donors (Lipinski definition) is 2. The average Bonchev–Trinajstić information content (AvgIpc) is 2.54. The van der Waals surface area contributed by atoms with Crippen LogP contribution in [0.3, 0.4) is 0 Å². The van der Waals surface area contributed by atoms with Crippen molar-refractivity contribution in [3.8, 4) is 0 Å². The van der Waals surface area contributed by atoms with Crippen molar-refractivity contribution >= 4 is 11.6 Å². The second kappa shape index (κ2) is 5.37. The Bertz CT molecular complexity index is 632. The van der Waals surface area contributed by atoms with Gasteiger partial charge in [0.25, 0.3) is 0 Å². The maximum Gasteiger partial charge on any atom is 0.169 e. The first-order valence-electron chi connectivity index (χ1n) is 8.86. The van der Waals surface area contributed by atoms with Crippen molar-refractivity contribution in [2.45, 2.75) is 52.7 Å². The number of rotatable bonds is 1. The summed E-state index contributed by atoms with van der Waals surface area (Å²) in [5.74, 6) is -0.499. The molecule has 3 aliphatic carbocycles. The van der Waals surface area contributed by atoms with Gasteiger partial charge in [-0.2, -0.15) is 0 Å². The summed E-state index contributed by atoms with van der Waals surface area (Å²) in [5, 5.41) is 21.2. The quantitative estimate of drug-likeness (QED) is 0.773. The monoisotopic (exact) mass is 332 g/mol. The van der Waals surface area contributed by atoms with E-state index in [2.05, 4.69) is 13.5 Å². The van der Waals surface area contributed by atoms with Crippen molar-refractivity contribution in [2.24, 2.45) is 34.5 Å². The first-order valence-corrected chi connectivity index (χ1v) is 8.86. The highest BCUT2D eigenvalue weighted by molar-refractivity contribution is 5.96. The number of ketones is 2. The molecular weight excluding hydrogens is 304 g/mol. The van der Waals surface area contributed by atoms with E-state index in [0.717, 1.165) is 18.4 Å². The molecule has 0 aromatic rings. The molecular formula is C20H28O4. The maximum atomic E-state index is 12.9. The van der Waals surface area contributed by atoms with Crippen LogP contribution in [0.25, 0.3) is 0 Å². The molecule has 0 aromatic heterocycles. The van der Waals surface area contributed by atoms with Gasteiger partial charge >= 0.3 is 0 Å². The molecule has 3 aliphatic rings. The van der Waals surface area contributed by atoms with Crippen LogP contribution in [0.5, 0.6) is 0 Å². The molecule has 0 unspecified atom stereocenters. The highest BCUT2D eigenvalue weighted by Crippen LogP contribution is 2.62. The number of aliphatic hydroxyl groups excluding tert-OH is 2. The number of Topliss-reactive ketones (excluding diaryl/α,β-unsaturated/α-hetero) is 1. The smallest absolute Gasteiger partial charge is 0.169 e. The third-order valence-electron chi connectivity index (χ3n) is 7.37. The highest BCUT2D eigenvalue weighted by Gasteiger charge is 2.66. The molecule has 0 saturated heterocycles. The zero-order chi connectivity index (χ0) is 18.0. The number of hydrogen-bond acceptors (Lipinski definition) is 4. The highest BCUT2D eigenvalue weighted by atomic mass is 16.3. The van der Waals surface area contributed by atoms with E-state index in [1.165, 1.54) is 0 Å². The molecule has 4 nitrogen and oxygen atoms in total. The molecule has 0 aliphatic heterocycles. The summed E-state index contributed by atoms with van der Waals surface area (Å²) in [7, 11) is 0. The summed E-state index contributed by atoms with van der Waals surface area (Å²) in [4.78, 5) is 25.5. The van der Waals surface area contributed by atoms with Gasteiger partial charge in [-0.15, -0.1) is 0 Å². The first-order chi connectivity index (χ1) is 11.1. The third kappa shape index (κ3) is 1.99. The fraction of sp³-hybridized carbons (Fsp3) is 0.700. The standard InChI is InChI=1S/C20H28O4/c1-6-11-9-13(21)15-12(10(11)2)7-8-14-19(3,4)17(23)16(22)18(24)20(14,15)5/h6,9-10,12,14-16,18,22,24H,1,7-8H2,2-5H3/t10-,12-,14-,15+,16+,18+,20-/m1/s1. The third-order valence-corrected chi connectivity index (χ3v) is 7.37. The van der Waals surface area contributed by atoms with Crippen LogP contribution >= 0.6 is 0 Å². The van der Waals surface area contributed by atoms with Gasteiger partial charge in [0, 0.05) is 16.7 Å². The Kier molecular flexibility index (Phi) is 3.93. The zero-order valence-corrected chi connectivity index (χ0v) is 15.0. The van der Waals surface area contributed by atoms with Gasteiger partial charge in [-0.1, -0.05) is 40.3 Å². The minimum Gasteiger partial charge on any atom is -0.389 e. The van der Waals surface area contributed by atoms with Crippen LogP contribution < -0.4 is 0 Å². The molecule has 0 amide bonds. The van der Waals surface area contributed by atoms with Gasteiger partial charge in [0.05, 0.1) is 6.10 Å². The maximum absolute atomic E-state index is 12.9. The van der Waals surface area contributed by atoms with E-state index in [1.807, 2.05) is 20.8 Å². The molecule has 2 N–H and O–H groups in total. The molecule has 2 saturated carbocycles. The topological polar surface area (TPSA) is 74.6 Å². The van der Waals surface area contributed by atoms with Gasteiger partial charge in [-0.3, -0.25) is 9.59 Å². The van der Waals surface area contributed by atoms with Crippen LogP contribution in [0.4, 0.5) is 0 Å². The van der Waals surface area contributed by atoms with Crippen LogP contribution in [-0.2, 0) is 9.59 Å². The molecule has 24 heavy (non-hydrogen) atoms. The van der Waals surface area contributed by atoms with Crippen molar-refractivity contribution in [3.63, 3.8) is 0 Å². The average molecular weight is 332 g/mol. The van der Waals surface area contributed by atoms with Crippen molar-refractivity contribution in [3.05, 3.63) is 24.3 Å². The molecule has 4 heteroatoms. The van der Waals surface area contributed by atoms with Gasteiger partial charge in [0.2, 0.25) is 0 Å². The molecule has 0 heterocycles. The van der Waals surface area contributed by atoms with Gasteiger partial charge in [0.15, 0.2) is 11.6 Å². The van der Waals surface area contributed by atoms with Crippen LogP contribution in [0.1, 0.15) is 40.5 Å². The van der Waals surface area contributed by atoms with Crippen molar-refractivity contribution in [1.82, 2.24) is 0 Å². The van der Waals surface area contributed by atoms with Gasteiger partial charge < -0.3 is 10.2 Å². The van der Waals surface area contributed by atoms with E-state index < -0.39 is 23.0 Å². The summed E-state index contributed by atoms with van der Waals surface area (Å²) in [6, 6.07) is 0. The van der Waals surface area contributed by atoms with E-state index in [4.69, 9.17) is 0 Å². The van der Waals surface area contributed by atoms with Crippen molar-refractivity contribution < 1.29 is 19.8 Å². The number of carbonyl (C=O) groups excluding carboxylic acids is 2. The van der Waals surface area contributed by atoms with Gasteiger partial charge in [-0.25, -0.2) is 0 Å². The zero-order valence-electron chi connectivity index (χ0n) is 15.0. The summed E-state index contributed by atoms with van der Waals surface area (Å²) < 4.78 is 0. The van der Waals surface area contributed by atoms with Crippen LogP contribution in [0.15, 0.2) is 24.3 Å². The summed E-state index contributed by atoms with van der Waals surface area (Å²) in [5.41, 5.74) is -0.594. The second-order valence-electron chi connectivity index (χ2n) is 8.65.